The van der Waals surface area contributed by atoms with Crippen molar-refractivity contribution in [2.45, 2.75) is 12.6 Å². The van der Waals surface area contributed by atoms with E-state index in [9.17, 15) is 0 Å². The van der Waals surface area contributed by atoms with Crippen LogP contribution in [0.5, 0.6) is 0 Å². The lowest BCUT2D eigenvalue weighted by atomic mass is 10.1. The average molecular weight is 139 g/mol. The molecule has 3 nitrogen and oxygen atoms in total. The molecule has 0 aromatic carbocycles. The molecule has 0 bridgehead atoms. The summed E-state index contributed by atoms with van der Waals surface area (Å²) in [6.07, 6.45) is 5.78. The van der Waals surface area contributed by atoms with Crippen molar-refractivity contribution in [3.63, 3.8) is 0 Å². The Hall–Kier alpha value is -0.960. The number of hydrogen-bond acceptors (Lipinski definition) is 3. The van der Waals surface area contributed by atoms with Gasteiger partial charge in [-0.3, -0.25) is 5.32 Å². The summed E-state index contributed by atoms with van der Waals surface area (Å²) in [7, 11) is 1.88. The normalized spacial score (nSPS) is 31.2. The quantitative estimate of drug-likeness (QED) is 0.475. The minimum absolute atomic E-state index is 0.182. The van der Waals surface area contributed by atoms with Gasteiger partial charge in [-0.05, 0) is 26.1 Å². The van der Waals surface area contributed by atoms with E-state index in [4.69, 9.17) is 5.73 Å². The Morgan fingerprint density at radius 2 is 2.40 bits per heavy atom. The van der Waals surface area contributed by atoms with Crippen LogP contribution in [0.2, 0.25) is 0 Å². The molecule has 1 unspecified atom stereocenters. The van der Waals surface area contributed by atoms with Crippen LogP contribution >= 0.6 is 0 Å². The number of nitrogens with two attached hydrogens (primary N) is 1. The largest absolute Gasteiger partial charge is 0.385 e. The first kappa shape index (κ1) is 7.15. The van der Waals surface area contributed by atoms with E-state index < -0.39 is 0 Å². The van der Waals surface area contributed by atoms with Crippen LogP contribution in [0, 0.1) is 0 Å². The molecule has 0 aromatic rings. The van der Waals surface area contributed by atoms with E-state index >= 15 is 0 Å². The highest BCUT2D eigenvalue weighted by molar-refractivity contribution is 5.21. The second kappa shape index (κ2) is 2.34. The standard InChI is InChI=1S/C7H13N3/c1-7(9-2)5-3-4-6(8)10-7/h3-5,9-10H,8H2,1-2H3. The number of allylic oxidation sites excluding steroid dienone is 2. The zero-order valence-corrected chi connectivity index (χ0v) is 6.31. The summed E-state index contributed by atoms with van der Waals surface area (Å²) in [5.74, 6) is 0.694. The van der Waals surface area contributed by atoms with Crippen LogP contribution in [0.15, 0.2) is 24.0 Å². The predicted octanol–water partition coefficient (Wildman–Crippen LogP) is -0.119. The molecule has 4 N–H and O–H groups in total. The Kier molecular flexibility index (Phi) is 1.68. The molecular formula is C7H13N3. The van der Waals surface area contributed by atoms with Gasteiger partial charge >= 0.3 is 0 Å². The summed E-state index contributed by atoms with van der Waals surface area (Å²) in [5, 5.41) is 6.18. The summed E-state index contributed by atoms with van der Waals surface area (Å²) >= 11 is 0. The maximum atomic E-state index is 5.54. The number of dihydropyridines is 1. The van der Waals surface area contributed by atoms with Crippen molar-refractivity contribution in [3.8, 4) is 0 Å². The molecule has 0 radical (unpaired) electrons. The van der Waals surface area contributed by atoms with Gasteiger partial charge in [-0.15, -0.1) is 0 Å². The SMILES string of the molecule is CNC1(C)C=CC=C(N)N1. The van der Waals surface area contributed by atoms with E-state index in [1.165, 1.54) is 0 Å². The van der Waals surface area contributed by atoms with E-state index in [1.54, 1.807) is 0 Å². The molecule has 1 aliphatic heterocycles. The molecule has 0 fully saturated rings. The molecule has 0 aliphatic carbocycles. The van der Waals surface area contributed by atoms with E-state index in [1.807, 2.05) is 32.2 Å². The van der Waals surface area contributed by atoms with Gasteiger partial charge in [0, 0.05) is 0 Å². The molecule has 1 heterocycles. The van der Waals surface area contributed by atoms with Gasteiger partial charge in [-0.1, -0.05) is 6.08 Å². The predicted molar refractivity (Wildman–Crippen MR) is 42.0 cm³/mol. The molecule has 0 saturated carbocycles. The molecule has 0 saturated heterocycles. The Labute approximate surface area is 61.0 Å². The van der Waals surface area contributed by atoms with E-state index in [0.29, 0.717) is 5.82 Å². The number of rotatable bonds is 1. The molecule has 1 aliphatic rings. The van der Waals surface area contributed by atoms with Crippen LogP contribution in [0.1, 0.15) is 6.92 Å². The highest BCUT2D eigenvalue weighted by atomic mass is 15.2. The van der Waals surface area contributed by atoms with Crippen molar-refractivity contribution >= 4 is 0 Å². The van der Waals surface area contributed by atoms with Gasteiger partial charge < -0.3 is 11.1 Å². The van der Waals surface area contributed by atoms with Crippen molar-refractivity contribution in [3.05, 3.63) is 24.0 Å². The third-order valence-corrected chi connectivity index (χ3v) is 1.63. The molecule has 1 rings (SSSR count). The molecule has 10 heavy (non-hydrogen) atoms. The Morgan fingerprint density at radius 3 is 2.80 bits per heavy atom. The smallest absolute Gasteiger partial charge is 0.106 e. The number of nitrogens with one attached hydrogen (secondary N) is 2. The summed E-state index contributed by atoms with van der Waals surface area (Å²) in [5.41, 5.74) is 5.36. The molecule has 56 valence electrons. The second-order valence-electron chi connectivity index (χ2n) is 2.56. The summed E-state index contributed by atoms with van der Waals surface area (Å²) in [4.78, 5) is 0. The Bertz CT molecular complexity index is 183. The van der Waals surface area contributed by atoms with Crippen molar-refractivity contribution in [1.29, 1.82) is 0 Å². The van der Waals surface area contributed by atoms with E-state index in [0.717, 1.165) is 0 Å². The molecular weight excluding hydrogens is 126 g/mol. The lowest BCUT2D eigenvalue weighted by molar-refractivity contribution is 0.410. The number of likely N-dealkylation sites (N-methyl/N-ethyl adjacent to an activating group) is 1. The Morgan fingerprint density at radius 1 is 1.70 bits per heavy atom. The fourth-order valence-corrected chi connectivity index (χ4v) is 0.873. The monoisotopic (exact) mass is 139 g/mol. The third-order valence-electron chi connectivity index (χ3n) is 1.63. The first-order valence-corrected chi connectivity index (χ1v) is 3.28. The van der Waals surface area contributed by atoms with Crippen LogP contribution in [-0.2, 0) is 0 Å². The average Bonchev–Trinajstić information content (AvgIpc) is 1.88. The van der Waals surface area contributed by atoms with Crippen LogP contribution in [-0.4, -0.2) is 12.7 Å². The second-order valence-corrected chi connectivity index (χ2v) is 2.56. The molecule has 3 heteroatoms. The van der Waals surface area contributed by atoms with Crippen molar-refractivity contribution in [2.24, 2.45) is 5.73 Å². The fraction of sp³-hybridized carbons (Fsp3) is 0.429. The van der Waals surface area contributed by atoms with Crippen LogP contribution in [0.4, 0.5) is 0 Å². The van der Waals surface area contributed by atoms with Crippen LogP contribution in [0.25, 0.3) is 0 Å². The van der Waals surface area contributed by atoms with Gasteiger partial charge in [0.2, 0.25) is 0 Å². The topological polar surface area (TPSA) is 50.1 Å². The van der Waals surface area contributed by atoms with Crippen LogP contribution in [0.3, 0.4) is 0 Å². The minimum Gasteiger partial charge on any atom is -0.385 e. The van der Waals surface area contributed by atoms with Crippen molar-refractivity contribution < 1.29 is 0 Å². The first-order valence-electron chi connectivity index (χ1n) is 3.28. The molecule has 0 amide bonds. The minimum atomic E-state index is -0.182. The maximum Gasteiger partial charge on any atom is 0.106 e. The highest BCUT2D eigenvalue weighted by Gasteiger charge is 2.18. The van der Waals surface area contributed by atoms with Crippen molar-refractivity contribution in [2.75, 3.05) is 7.05 Å². The summed E-state index contributed by atoms with van der Waals surface area (Å²) in [6, 6.07) is 0. The lowest BCUT2D eigenvalue weighted by Gasteiger charge is -2.30. The molecule has 0 aromatic heterocycles. The van der Waals surface area contributed by atoms with Gasteiger partial charge in [-0.2, -0.15) is 0 Å². The third kappa shape index (κ3) is 1.30. The first-order chi connectivity index (χ1) is 4.66. The molecule has 0 spiro atoms. The zero-order valence-electron chi connectivity index (χ0n) is 6.31. The van der Waals surface area contributed by atoms with E-state index in [-0.39, 0.29) is 5.66 Å². The van der Waals surface area contributed by atoms with Gasteiger partial charge in [0.1, 0.15) is 5.66 Å². The summed E-state index contributed by atoms with van der Waals surface area (Å²) in [6.45, 7) is 2.02. The number of hydrogen-bond donors (Lipinski definition) is 3. The van der Waals surface area contributed by atoms with Gasteiger partial charge in [0.05, 0.1) is 5.82 Å². The Balaban J connectivity index is 2.71. The molecule has 1 atom stereocenters. The van der Waals surface area contributed by atoms with Crippen LogP contribution < -0.4 is 16.4 Å². The van der Waals surface area contributed by atoms with Gasteiger partial charge in [0.25, 0.3) is 0 Å². The maximum absolute atomic E-state index is 5.54. The van der Waals surface area contributed by atoms with Gasteiger partial charge in [-0.25, -0.2) is 0 Å². The zero-order chi connectivity index (χ0) is 7.61. The van der Waals surface area contributed by atoms with Crippen molar-refractivity contribution in [1.82, 2.24) is 10.6 Å². The van der Waals surface area contributed by atoms with Gasteiger partial charge in [0.15, 0.2) is 0 Å². The lowest BCUT2D eigenvalue weighted by Crippen LogP contribution is -2.53. The summed E-state index contributed by atoms with van der Waals surface area (Å²) < 4.78 is 0. The fourth-order valence-electron chi connectivity index (χ4n) is 0.873. The highest BCUT2D eigenvalue weighted by Crippen LogP contribution is 2.06. The van der Waals surface area contributed by atoms with E-state index in [2.05, 4.69) is 10.6 Å².